The summed E-state index contributed by atoms with van der Waals surface area (Å²) in [5.41, 5.74) is 0. The molecular formula is C28H54B2F8N4. The van der Waals surface area contributed by atoms with Gasteiger partial charge in [-0.15, -0.1) is 0 Å². The van der Waals surface area contributed by atoms with Crippen LogP contribution in [0.3, 0.4) is 0 Å². The highest BCUT2D eigenvalue weighted by Gasteiger charge is 2.21. The van der Waals surface area contributed by atoms with E-state index in [0.717, 1.165) is 0 Å². The molecule has 0 amide bonds. The van der Waals surface area contributed by atoms with Crippen molar-refractivity contribution in [2.75, 3.05) is 0 Å². The SMILES string of the molecule is CCCCCCCCCCCCn1cc[n+](C)c1.CCCCCCCCn1cc[n+](C)c1.F[B-](F)(F)F.F[B-](F)(F)F. The second-order valence-electron chi connectivity index (χ2n) is 10.6. The summed E-state index contributed by atoms with van der Waals surface area (Å²) in [5, 5.41) is 0. The smallest absolute Gasteiger partial charge is 0.418 e. The predicted molar refractivity (Wildman–Crippen MR) is 157 cm³/mol. The molecule has 0 saturated heterocycles. The van der Waals surface area contributed by atoms with Crippen molar-refractivity contribution in [3.8, 4) is 0 Å². The fourth-order valence-electron chi connectivity index (χ4n) is 4.12. The Bertz CT molecular complexity index is 818. The van der Waals surface area contributed by atoms with Gasteiger partial charge in [-0.05, 0) is 25.7 Å². The molecule has 2 heterocycles. The molecule has 0 aliphatic heterocycles. The fraction of sp³-hybridized carbons (Fsp3) is 0.786. The molecule has 2 aromatic heterocycles. The van der Waals surface area contributed by atoms with Gasteiger partial charge in [0.1, 0.15) is 24.8 Å². The van der Waals surface area contributed by atoms with Crippen molar-refractivity contribution >= 4 is 14.5 Å². The minimum Gasteiger partial charge on any atom is -0.418 e. The summed E-state index contributed by atoms with van der Waals surface area (Å²) in [6.45, 7) is 6.90. The van der Waals surface area contributed by atoms with E-state index >= 15 is 0 Å². The van der Waals surface area contributed by atoms with Crippen LogP contribution in [-0.4, -0.2) is 23.6 Å². The van der Waals surface area contributed by atoms with E-state index in [4.69, 9.17) is 0 Å². The van der Waals surface area contributed by atoms with Crippen LogP contribution in [0.25, 0.3) is 0 Å². The third-order valence-corrected chi connectivity index (χ3v) is 6.19. The normalized spacial score (nSPS) is 11.1. The lowest BCUT2D eigenvalue weighted by molar-refractivity contribution is -0.671. The molecule has 0 radical (unpaired) electrons. The summed E-state index contributed by atoms with van der Waals surface area (Å²) in [7, 11) is -7.85. The van der Waals surface area contributed by atoms with E-state index in [1.165, 1.54) is 116 Å². The van der Waals surface area contributed by atoms with E-state index in [0.29, 0.717) is 0 Å². The largest absolute Gasteiger partial charge is 0.673 e. The lowest BCUT2D eigenvalue weighted by Crippen LogP contribution is -2.23. The number of hydrogen-bond donors (Lipinski definition) is 0. The van der Waals surface area contributed by atoms with Crippen LogP contribution in [0, 0.1) is 0 Å². The second-order valence-corrected chi connectivity index (χ2v) is 10.6. The standard InChI is InChI=1S/C16H31N2.C12H23N2.2BF4/c1-3-4-5-6-7-8-9-10-11-12-13-18-15-14-17(2)16-18;1-3-4-5-6-7-8-9-14-11-10-13(2)12-14;2*2-1(3,4)5/h14-16H,3-13H2,1-2H3;10-12H,3-9H2,1-2H3;;/q2*+1;2*-1. The summed E-state index contributed by atoms with van der Waals surface area (Å²) < 4.78 is 86.7. The highest BCUT2D eigenvalue weighted by molar-refractivity contribution is 6.50. The van der Waals surface area contributed by atoms with Gasteiger partial charge in [-0.3, -0.25) is 0 Å². The molecule has 42 heavy (non-hydrogen) atoms. The summed E-state index contributed by atoms with van der Waals surface area (Å²) in [5.74, 6) is 0. The maximum absolute atomic E-state index is 9.75. The topological polar surface area (TPSA) is 17.6 Å². The zero-order valence-corrected chi connectivity index (χ0v) is 26.2. The molecule has 0 saturated carbocycles. The molecule has 0 spiro atoms. The number of hydrogen-bond acceptors (Lipinski definition) is 0. The molecule has 4 nitrogen and oxygen atoms in total. The van der Waals surface area contributed by atoms with Crippen LogP contribution in [-0.2, 0) is 27.2 Å². The Balaban J connectivity index is 0. The van der Waals surface area contributed by atoms with Crippen LogP contribution in [0.4, 0.5) is 34.5 Å². The fourth-order valence-corrected chi connectivity index (χ4v) is 4.12. The molecule has 0 fully saturated rings. The first kappa shape index (κ1) is 42.1. The lowest BCUT2D eigenvalue weighted by Gasteiger charge is -2.01. The van der Waals surface area contributed by atoms with Crippen LogP contribution >= 0.6 is 0 Å². The Morgan fingerprint density at radius 1 is 0.452 bits per heavy atom. The second kappa shape index (κ2) is 26.6. The predicted octanol–water partition coefficient (Wildman–Crippen LogP) is 9.51. The first-order valence-corrected chi connectivity index (χ1v) is 15.4. The van der Waals surface area contributed by atoms with Gasteiger partial charge >= 0.3 is 14.5 Å². The van der Waals surface area contributed by atoms with Crippen LogP contribution in [0.2, 0.25) is 0 Å². The molecule has 14 heteroatoms. The summed E-state index contributed by atoms with van der Waals surface area (Å²) in [4.78, 5) is 0. The van der Waals surface area contributed by atoms with Gasteiger partial charge in [-0.1, -0.05) is 90.9 Å². The maximum atomic E-state index is 9.75. The van der Waals surface area contributed by atoms with Crippen LogP contribution < -0.4 is 9.13 Å². The van der Waals surface area contributed by atoms with Gasteiger partial charge < -0.3 is 34.5 Å². The molecule has 0 N–H and O–H groups in total. The average Bonchev–Trinajstić information content (AvgIpc) is 3.48. The Morgan fingerprint density at radius 3 is 0.905 bits per heavy atom. The highest BCUT2D eigenvalue weighted by Crippen LogP contribution is 2.11. The number of halogens is 8. The number of nitrogens with zero attached hydrogens (tertiary/aromatic N) is 4. The number of imidazole rings is 2. The minimum absolute atomic E-state index is 1.17. The molecule has 2 rings (SSSR count). The molecule has 248 valence electrons. The van der Waals surface area contributed by atoms with E-state index in [2.05, 4.69) is 83.7 Å². The number of aryl methyl sites for hydroxylation is 4. The Labute approximate surface area is 248 Å². The number of aromatic nitrogens is 4. The summed E-state index contributed by atoms with van der Waals surface area (Å²) in [6.07, 6.45) is 35.2. The van der Waals surface area contributed by atoms with Gasteiger partial charge in [-0.2, -0.15) is 0 Å². The Kier molecular flexibility index (Phi) is 26.7. The van der Waals surface area contributed by atoms with Crippen molar-refractivity contribution in [3.05, 3.63) is 37.4 Å². The lowest BCUT2D eigenvalue weighted by atomic mass is 10.1. The van der Waals surface area contributed by atoms with Crippen molar-refractivity contribution in [1.82, 2.24) is 9.13 Å². The Morgan fingerprint density at radius 2 is 0.690 bits per heavy atom. The molecule has 0 aromatic carbocycles. The molecule has 0 aliphatic carbocycles. The quantitative estimate of drug-likeness (QED) is 0.0684. The molecule has 0 atom stereocenters. The van der Waals surface area contributed by atoms with Crippen LogP contribution in [0.15, 0.2) is 37.4 Å². The van der Waals surface area contributed by atoms with E-state index in [1.54, 1.807) is 0 Å². The van der Waals surface area contributed by atoms with Crippen molar-refractivity contribution < 1.29 is 43.7 Å². The van der Waals surface area contributed by atoms with Gasteiger partial charge in [0.15, 0.2) is 0 Å². The number of unbranched alkanes of at least 4 members (excludes halogenated alkanes) is 14. The van der Waals surface area contributed by atoms with Gasteiger partial charge in [0, 0.05) is 0 Å². The Hall–Kier alpha value is -2.01. The van der Waals surface area contributed by atoms with Crippen molar-refractivity contribution in [2.45, 2.75) is 130 Å². The van der Waals surface area contributed by atoms with Gasteiger partial charge in [0.25, 0.3) is 0 Å². The minimum atomic E-state index is -6.00. The zero-order valence-electron chi connectivity index (χ0n) is 26.2. The van der Waals surface area contributed by atoms with Crippen LogP contribution in [0.5, 0.6) is 0 Å². The van der Waals surface area contributed by atoms with Gasteiger partial charge in [-0.25, -0.2) is 18.3 Å². The monoisotopic (exact) mass is 620 g/mol. The molecule has 0 aliphatic rings. The first-order chi connectivity index (χ1) is 19.7. The third kappa shape index (κ3) is 40.1. The molecule has 0 bridgehead atoms. The summed E-state index contributed by atoms with van der Waals surface area (Å²) in [6, 6.07) is 0. The highest BCUT2D eigenvalue weighted by atomic mass is 19.5. The molecule has 2 aromatic rings. The maximum Gasteiger partial charge on any atom is 0.673 e. The number of rotatable bonds is 18. The first-order valence-electron chi connectivity index (χ1n) is 15.4. The molecule has 0 unspecified atom stereocenters. The van der Waals surface area contributed by atoms with Crippen molar-refractivity contribution in [2.24, 2.45) is 14.1 Å². The summed E-state index contributed by atoms with van der Waals surface area (Å²) >= 11 is 0. The van der Waals surface area contributed by atoms with Crippen LogP contribution in [0.1, 0.15) is 117 Å². The van der Waals surface area contributed by atoms with E-state index in [1.807, 2.05) is 0 Å². The van der Waals surface area contributed by atoms with Crippen molar-refractivity contribution in [1.29, 1.82) is 0 Å². The van der Waals surface area contributed by atoms with Crippen molar-refractivity contribution in [3.63, 3.8) is 0 Å². The van der Waals surface area contributed by atoms with Gasteiger partial charge in [0.2, 0.25) is 12.7 Å². The average molecular weight is 620 g/mol. The van der Waals surface area contributed by atoms with E-state index < -0.39 is 14.5 Å². The third-order valence-electron chi connectivity index (χ3n) is 6.19. The zero-order chi connectivity index (χ0) is 32.3. The van der Waals surface area contributed by atoms with Gasteiger partial charge in [0.05, 0.1) is 27.2 Å². The van der Waals surface area contributed by atoms with E-state index in [9.17, 15) is 34.5 Å². The van der Waals surface area contributed by atoms with E-state index in [-0.39, 0.29) is 0 Å². The molecular weight excluding hydrogens is 566 g/mol.